The van der Waals surface area contributed by atoms with Crippen molar-refractivity contribution in [2.45, 2.75) is 6.61 Å². The van der Waals surface area contributed by atoms with Gasteiger partial charge in [0.2, 0.25) is 0 Å². The van der Waals surface area contributed by atoms with E-state index in [4.69, 9.17) is 25.8 Å². The van der Waals surface area contributed by atoms with Crippen LogP contribution in [0.25, 0.3) is 16.8 Å². The average molecular weight is 499 g/mol. The molecular weight excluding hydrogens is 476 g/mol. The molecule has 36 heavy (non-hydrogen) atoms. The molecule has 4 aromatic carbocycles. The van der Waals surface area contributed by atoms with Gasteiger partial charge in [0.15, 0.2) is 11.5 Å². The maximum atomic E-state index is 12.8. The van der Waals surface area contributed by atoms with E-state index in [-0.39, 0.29) is 5.57 Å². The zero-order valence-corrected chi connectivity index (χ0v) is 20.5. The second-order valence-electron chi connectivity index (χ2n) is 7.81. The summed E-state index contributed by atoms with van der Waals surface area (Å²) in [5.41, 5.74) is 1.93. The number of nitriles is 1. The van der Waals surface area contributed by atoms with E-state index < -0.39 is 5.91 Å². The molecule has 0 radical (unpaired) electrons. The van der Waals surface area contributed by atoms with Crippen molar-refractivity contribution in [1.82, 2.24) is 0 Å². The summed E-state index contributed by atoms with van der Waals surface area (Å²) in [4.78, 5) is 12.8. The van der Waals surface area contributed by atoms with Gasteiger partial charge in [-0.3, -0.25) is 4.79 Å². The van der Waals surface area contributed by atoms with Crippen LogP contribution in [0.3, 0.4) is 0 Å². The maximum Gasteiger partial charge on any atom is 0.266 e. The lowest BCUT2D eigenvalue weighted by atomic mass is 10.1. The molecule has 0 atom stereocenters. The number of fused-ring (bicyclic) bond motifs is 1. The summed E-state index contributed by atoms with van der Waals surface area (Å²) in [5.74, 6) is 0.875. The topological polar surface area (TPSA) is 80.6 Å². The van der Waals surface area contributed by atoms with E-state index in [1.807, 2.05) is 30.3 Å². The highest BCUT2D eigenvalue weighted by Gasteiger charge is 2.14. The van der Waals surface area contributed by atoms with Gasteiger partial charge in [-0.15, -0.1) is 0 Å². The average Bonchev–Trinajstić information content (AvgIpc) is 2.90. The first-order valence-corrected chi connectivity index (χ1v) is 11.4. The number of nitrogens with one attached hydrogen (secondary N) is 1. The van der Waals surface area contributed by atoms with Gasteiger partial charge in [0.1, 0.15) is 24.0 Å². The number of hydrogen-bond acceptors (Lipinski definition) is 5. The minimum Gasteiger partial charge on any atom is -0.495 e. The van der Waals surface area contributed by atoms with Crippen LogP contribution in [-0.4, -0.2) is 20.1 Å². The molecule has 4 aromatic rings. The zero-order valence-electron chi connectivity index (χ0n) is 19.7. The molecule has 0 spiro atoms. The number of halogens is 1. The summed E-state index contributed by atoms with van der Waals surface area (Å²) in [7, 11) is 3.02. The number of ether oxygens (including phenoxy) is 3. The van der Waals surface area contributed by atoms with E-state index in [1.165, 1.54) is 20.3 Å². The fraction of sp³-hybridized carbons (Fsp3) is 0.103. The molecule has 0 saturated heterocycles. The Bertz CT molecular complexity index is 1490. The summed E-state index contributed by atoms with van der Waals surface area (Å²) in [6, 6.07) is 26.2. The number of carbonyl (C=O) groups is 1. The third-order valence-electron chi connectivity index (χ3n) is 5.54. The maximum absolute atomic E-state index is 12.8. The number of rotatable bonds is 8. The molecule has 180 valence electrons. The number of anilines is 1. The van der Waals surface area contributed by atoms with Crippen LogP contribution in [0.2, 0.25) is 5.02 Å². The van der Waals surface area contributed by atoms with Gasteiger partial charge < -0.3 is 19.5 Å². The zero-order chi connectivity index (χ0) is 25.5. The molecule has 1 amide bonds. The van der Waals surface area contributed by atoms with E-state index in [1.54, 1.807) is 36.4 Å². The quantitative estimate of drug-likeness (QED) is 0.218. The van der Waals surface area contributed by atoms with Crippen molar-refractivity contribution < 1.29 is 19.0 Å². The van der Waals surface area contributed by atoms with Crippen molar-refractivity contribution in [3.8, 4) is 23.3 Å². The monoisotopic (exact) mass is 498 g/mol. The van der Waals surface area contributed by atoms with Gasteiger partial charge in [0.25, 0.3) is 5.91 Å². The lowest BCUT2D eigenvalue weighted by Gasteiger charge is -2.13. The van der Waals surface area contributed by atoms with E-state index in [9.17, 15) is 10.1 Å². The van der Waals surface area contributed by atoms with Crippen molar-refractivity contribution in [2.75, 3.05) is 19.5 Å². The summed E-state index contributed by atoms with van der Waals surface area (Å²) in [5, 5.41) is 15.0. The van der Waals surface area contributed by atoms with Crippen molar-refractivity contribution >= 4 is 40.0 Å². The van der Waals surface area contributed by atoms with Gasteiger partial charge in [0, 0.05) is 5.02 Å². The Morgan fingerprint density at radius 2 is 1.69 bits per heavy atom. The highest BCUT2D eigenvalue weighted by molar-refractivity contribution is 6.31. The Balaban J connectivity index is 1.53. The molecule has 7 heteroatoms. The molecule has 0 aliphatic heterocycles. The molecule has 0 heterocycles. The molecular formula is C29H23ClN2O4. The van der Waals surface area contributed by atoms with Crippen LogP contribution in [0, 0.1) is 11.3 Å². The number of benzene rings is 4. The van der Waals surface area contributed by atoms with Crippen molar-refractivity contribution in [2.24, 2.45) is 0 Å². The molecule has 0 bridgehead atoms. The first-order valence-electron chi connectivity index (χ1n) is 11.1. The first-order chi connectivity index (χ1) is 17.5. The summed E-state index contributed by atoms with van der Waals surface area (Å²) in [6.45, 7) is 0.361. The van der Waals surface area contributed by atoms with Gasteiger partial charge in [-0.05, 0) is 58.3 Å². The second kappa shape index (κ2) is 11.3. The lowest BCUT2D eigenvalue weighted by molar-refractivity contribution is -0.112. The van der Waals surface area contributed by atoms with Crippen LogP contribution < -0.4 is 19.5 Å². The summed E-state index contributed by atoms with van der Waals surface area (Å²) < 4.78 is 16.8. The lowest BCUT2D eigenvalue weighted by Crippen LogP contribution is -2.14. The number of methoxy groups -OCH3 is 2. The van der Waals surface area contributed by atoms with Crippen LogP contribution in [0.1, 0.15) is 11.1 Å². The number of hydrogen-bond donors (Lipinski definition) is 1. The van der Waals surface area contributed by atoms with Crippen molar-refractivity contribution in [3.63, 3.8) is 0 Å². The molecule has 6 nitrogen and oxygen atoms in total. The van der Waals surface area contributed by atoms with E-state index >= 15 is 0 Å². The Morgan fingerprint density at radius 3 is 2.47 bits per heavy atom. The summed E-state index contributed by atoms with van der Waals surface area (Å²) in [6.07, 6.45) is 1.48. The Labute approximate surface area is 214 Å². The van der Waals surface area contributed by atoms with E-state index in [0.29, 0.717) is 40.1 Å². The SMILES string of the molecule is COc1ccc(Cl)cc1NC(=O)/C(C#N)=C/c1ccc(OCc2cccc3ccccc23)c(OC)c1. The molecule has 0 saturated carbocycles. The van der Waals surface area contributed by atoms with Crippen molar-refractivity contribution in [1.29, 1.82) is 5.26 Å². The van der Waals surface area contributed by atoms with Crippen LogP contribution >= 0.6 is 11.6 Å². The van der Waals surface area contributed by atoms with Crippen molar-refractivity contribution in [3.05, 3.63) is 101 Å². The molecule has 1 N–H and O–H groups in total. The smallest absolute Gasteiger partial charge is 0.266 e. The van der Waals surface area contributed by atoms with E-state index in [2.05, 4.69) is 23.5 Å². The van der Waals surface area contributed by atoms with Crippen LogP contribution in [0.5, 0.6) is 17.2 Å². The minimum absolute atomic E-state index is 0.0940. The van der Waals surface area contributed by atoms with Gasteiger partial charge in [0.05, 0.1) is 19.9 Å². The first kappa shape index (κ1) is 24.6. The fourth-order valence-electron chi connectivity index (χ4n) is 3.75. The highest BCUT2D eigenvalue weighted by Crippen LogP contribution is 2.31. The van der Waals surface area contributed by atoms with Gasteiger partial charge in [-0.25, -0.2) is 0 Å². The third kappa shape index (κ3) is 5.60. The normalized spacial score (nSPS) is 11.0. The van der Waals surface area contributed by atoms with Crippen LogP contribution in [0.15, 0.2) is 84.4 Å². The van der Waals surface area contributed by atoms with E-state index in [0.717, 1.165) is 16.3 Å². The number of nitrogens with zero attached hydrogens (tertiary/aromatic N) is 1. The van der Waals surface area contributed by atoms with Gasteiger partial charge >= 0.3 is 0 Å². The molecule has 4 rings (SSSR count). The predicted octanol–water partition coefficient (Wildman–Crippen LogP) is 6.64. The Morgan fingerprint density at radius 1 is 0.944 bits per heavy atom. The van der Waals surface area contributed by atoms with Gasteiger partial charge in [-0.1, -0.05) is 60.1 Å². The second-order valence-corrected chi connectivity index (χ2v) is 8.24. The third-order valence-corrected chi connectivity index (χ3v) is 5.77. The summed E-state index contributed by atoms with van der Waals surface area (Å²) >= 11 is 6.03. The van der Waals surface area contributed by atoms with Gasteiger partial charge in [-0.2, -0.15) is 5.26 Å². The standard InChI is InChI=1S/C29H23ClN2O4/c1-34-26-13-11-23(30)16-25(26)32-29(33)22(17-31)14-19-10-12-27(28(15-19)35-2)36-18-21-8-5-7-20-6-3-4-9-24(20)21/h3-16H,18H2,1-2H3,(H,32,33)/b22-14+. The number of amides is 1. The molecule has 0 aliphatic rings. The number of carbonyl (C=O) groups excluding carboxylic acids is 1. The largest absolute Gasteiger partial charge is 0.495 e. The molecule has 0 unspecified atom stereocenters. The molecule has 0 fully saturated rings. The molecule has 0 aromatic heterocycles. The molecule has 0 aliphatic carbocycles. The predicted molar refractivity (Wildman–Crippen MR) is 141 cm³/mol. The van der Waals surface area contributed by atoms with Crippen LogP contribution in [-0.2, 0) is 11.4 Å². The van der Waals surface area contributed by atoms with Crippen LogP contribution in [0.4, 0.5) is 5.69 Å². The highest BCUT2D eigenvalue weighted by atomic mass is 35.5. The Hall–Kier alpha value is -4.47. The Kier molecular flexibility index (Phi) is 7.74. The minimum atomic E-state index is -0.590. The fourth-order valence-corrected chi connectivity index (χ4v) is 3.92.